The maximum Gasteiger partial charge on any atom is 0.173 e. The zero-order valence-corrected chi connectivity index (χ0v) is 18.8. The highest BCUT2D eigenvalue weighted by atomic mass is 19.1. The van der Waals surface area contributed by atoms with E-state index in [1.165, 1.54) is 36.4 Å². The van der Waals surface area contributed by atoms with Crippen molar-refractivity contribution >= 4 is 0 Å². The van der Waals surface area contributed by atoms with Gasteiger partial charge in [0.2, 0.25) is 0 Å². The Morgan fingerprint density at radius 2 is 1.20 bits per heavy atom. The van der Waals surface area contributed by atoms with Gasteiger partial charge in [-0.05, 0) is 53.1 Å². The molecule has 0 bridgehead atoms. The van der Waals surface area contributed by atoms with Gasteiger partial charge in [0.25, 0.3) is 0 Å². The summed E-state index contributed by atoms with van der Waals surface area (Å²) in [4.78, 5) is 0. The summed E-state index contributed by atoms with van der Waals surface area (Å²) in [6.07, 6.45) is -3.13. The van der Waals surface area contributed by atoms with Gasteiger partial charge in [-0.1, -0.05) is 36.4 Å². The molecule has 0 aromatic heterocycles. The SMILES string of the molecule is N#C[C@@H]1O[C@H](COCc2cccc(F)c2)[C@@H](OCc2cccc(F)c2)[C@H]1OCc1cccc(F)c1. The minimum absolute atomic E-state index is 0.0423. The second-order valence-electron chi connectivity index (χ2n) is 8.18. The van der Waals surface area contributed by atoms with Crippen molar-refractivity contribution in [2.75, 3.05) is 6.61 Å². The molecule has 0 saturated carbocycles. The van der Waals surface area contributed by atoms with Crippen LogP contribution in [0.3, 0.4) is 0 Å². The number of nitriles is 1. The lowest BCUT2D eigenvalue weighted by Crippen LogP contribution is -2.38. The van der Waals surface area contributed by atoms with Crippen LogP contribution in [0.4, 0.5) is 13.2 Å². The predicted molar refractivity (Wildman–Crippen MR) is 120 cm³/mol. The number of rotatable bonds is 10. The van der Waals surface area contributed by atoms with Crippen molar-refractivity contribution in [3.8, 4) is 6.07 Å². The molecule has 0 unspecified atom stereocenters. The summed E-state index contributed by atoms with van der Waals surface area (Å²) < 4.78 is 64.2. The summed E-state index contributed by atoms with van der Waals surface area (Å²) in [7, 11) is 0. The second kappa shape index (κ2) is 12.0. The minimum Gasteiger partial charge on any atom is -0.374 e. The average Bonchev–Trinajstić information content (AvgIpc) is 3.18. The van der Waals surface area contributed by atoms with Gasteiger partial charge in [-0.2, -0.15) is 5.26 Å². The van der Waals surface area contributed by atoms with Gasteiger partial charge >= 0.3 is 0 Å². The van der Waals surface area contributed by atoms with Crippen molar-refractivity contribution in [2.45, 2.75) is 44.2 Å². The van der Waals surface area contributed by atoms with Crippen LogP contribution in [0.2, 0.25) is 0 Å². The average molecular weight is 483 g/mol. The van der Waals surface area contributed by atoms with E-state index >= 15 is 0 Å². The smallest absolute Gasteiger partial charge is 0.173 e. The molecule has 4 atom stereocenters. The molecule has 0 spiro atoms. The molecule has 0 amide bonds. The summed E-state index contributed by atoms with van der Waals surface area (Å²) in [5.41, 5.74) is 1.85. The maximum atomic E-state index is 13.6. The largest absolute Gasteiger partial charge is 0.374 e. The third kappa shape index (κ3) is 6.90. The molecule has 35 heavy (non-hydrogen) atoms. The van der Waals surface area contributed by atoms with E-state index in [1.54, 1.807) is 36.4 Å². The van der Waals surface area contributed by atoms with Gasteiger partial charge in [-0.15, -0.1) is 0 Å². The molecule has 1 heterocycles. The summed E-state index contributed by atoms with van der Waals surface area (Å²) in [6.45, 7) is 0.299. The third-order valence-corrected chi connectivity index (χ3v) is 5.54. The highest BCUT2D eigenvalue weighted by Gasteiger charge is 2.46. The summed E-state index contributed by atoms with van der Waals surface area (Å²) in [5.74, 6) is -1.15. The minimum atomic E-state index is -0.955. The van der Waals surface area contributed by atoms with Gasteiger partial charge < -0.3 is 18.9 Å². The molecule has 1 saturated heterocycles. The van der Waals surface area contributed by atoms with E-state index in [4.69, 9.17) is 18.9 Å². The van der Waals surface area contributed by atoms with E-state index in [0.29, 0.717) is 16.7 Å². The van der Waals surface area contributed by atoms with Crippen molar-refractivity contribution in [1.29, 1.82) is 5.26 Å². The third-order valence-electron chi connectivity index (χ3n) is 5.54. The van der Waals surface area contributed by atoms with Gasteiger partial charge in [-0.3, -0.25) is 0 Å². The Labute approximate surface area is 201 Å². The molecule has 0 N–H and O–H groups in total. The Balaban J connectivity index is 1.46. The molecule has 0 aliphatic carbocycles. The van der Waals surface area contributed by atoms with Crippen LogP contribution in [0.15, 0.2) is 72.8 Å². The van der Waals surface area contributed by atoms with Crippen LogP contribution in [0.5, 0.6) is 0 Å². The van der Waals surface area contributed by atoms with Crippen molar-refractivity contribution in [1.82, 2.24) is 0 Å². The van der Waals surface area contributed by atoms with Crippen LogP contribution in [0, 0.1) is 28.8 Å². The number of benzene rings is 3. The van der Waals surface area contributed by atoms with Crippen LogP contribution in [0.1, 0.15) is 16.7 Å². The van der Waals surface area contributed by atoms with Gasteiger partial charge in [-0.25, -0.2) is 13.2 Å². The molecule has 1 aliphatic heterocycles. The Morgan fingerprint density at radius 3 is 1.69 bits per heavy atom. The number of nitrogens with zero attached hydrogens (tertiary/aromatic N) is 1. The number of hydrogen-bond acceptors (Lipinski definition) is 5. The Bertz CT molecular complexity index is 1170. The standard InChI is InChI=1S/C27H24F3NO4/c28-21-7-1-4-18(10-21)14-32-17-25-27(34-16-20-6-3-9-23(30)12-20)26(24(13-31)35-25)33-15-19-5-2-8-22(29)11-19/h1-12,24-27H,14-17H2/t24-,25+,26-,27+/m0/s1. The van der Waals surface area contributed by atoms with Gasteiger partial charge in [0.1, 0.15) is 35.8 Å². The fourth-order valence-corrected chi connectivity index (χ4v) is 3.91. The van der Waals surface area contributed by atoms with Crippen molar-refractivity contribution < 1.29 is 32.1 Å². The normalized spacial score (nSPS) is 21.7. The van der Waals surface area contributed by atoms with Crippen LogP contribution in [-0.2, 0) is 38.8 Å². The molecule has 5 nitrogen and oxygen atoms in total. The van der Waals surface area contributed by atoms with Gasteiger partial charge in [0, 0.05) is 0 Å². The summed E-state index contributed by atoms with van der Waals surface area (Å²) in [5, 5.41) is 9.67. The number of halogens is 3. The molecular weight excluding hydrogens is 459 g/mol. The van der Waals surface area contributed by atoms with Crippen molar-refractivity contribution in [2.24, 2.45) is 0 Å². The second-order valence-corrected chi connectivity index (χ2v) is 8.18. The van der Waals surface area contributed by atoms with E-state index in [0.717, 1.165) is 0 Å². The fourth-order valence-electron chi connectivity index (χ4n) is 3.91. The first-order valence-corrected chi connectivity index (χ1v) is 11.1. The molecular formula is C27H24F3NO4. The first-order valence-electron chi connectivity index (χ1n) is 11.1. The Hall–Kier alpha value is -3.22. The van der Waals surface area contributed by atoms with Crippen LogP contribution in [0.25, 0.3) is 0 Å². The molecule has 1 fully saturated rings. The Kier molecular flexibility index (Phi) is 8.50. The molecule has 8 heteroatoms. The monoisotopic (exact) mass is 483 g/mol. The number of hydrogen-bond donors (Lipinski definition) is 0. The van der Waals surface area contributed by atoms with E-state index in [2.05, 4.69) is 6.07 Å². The lowest BCUT2D eigenvalue weighted by molar-refractivity contribution is -0.0897. The predicted octanol–water partition coefficient (Wildman–Crippen LogP) is 5.08. The van der Waals surface area contributed by atoms with Crippen LogP contribution in [-0.4, -0.2) is 31.0 Å². The first-order chi connectivity index (χ1) is 17.0. The quantitative estimate of drug-likeness (QED) is 0.403. The van der Waals surface area contributed by atoms with E-state index in [9.17, 15) is 18.4 Å². The molecule has 4 rings (SSSR count). The van der Waals surface area contributed by atoms with Gasteiger partial charge in [0.15, 0.2) is 6.10 Å². The topological polar surface area (TPSA) is 60.7 Å². The zero-order valence-electron chi connectivity index (χ0n) is 18.8. The van der Waals surface area contributed by atoms with Crippen LogP contribution < -0.4 is 0 Å². The molecule has 182 valence electrons. The molecule has 0 radical (unpaired) electrons. The van der Waals surface area contributed by atoms with Crippen LogP contribution >= 0.6 is 0 Å². The molecule has 3 aromatic rings. The van der Waals surface area contributed by atoms with Crippen molar-refractivity contribution in [3.63, 3.8) is 0 Å². The van der Waals surface area contributed by atoms with Gasteiger partial charge in [0.05, 0.1) is 32.5 Å². The molecule has 1 aliphatic rings. The first kappa shape index (κ1) is 24.9. The van der Waals surface area contributed by atoms with E-state index in [-0.39, 0.29) is 32.2 Å². The lowest BCUT2D eigenvalue weighted by Gasteiger charge is -2.24. The lowest BCUT2D eigenvalue weighted by atomic mass is 10.1. The van der Waals surface area contributed by atoms with Crippen molar-refractivity contribution in [3.05, 3.63) is 107 Å². The van der Waals surface area contributed by atoms with E-state index in [1.807, 2.05) is 0 Å². The highest BCUT2D eigenvalue weighted by Crippen LogP contribution is 2.29. The highest BCUT2D eigenvalue weighted by molar-refractivity contribution is 5.17. The number of ether oxygens (including phenoxy) is 4. The molecule has 3 aromatic carbocycles. The zero-order chi connectivity index (χ0) is 24.6. The fraction of sp³-hybridized carbons (Fsp3) is 0.296. The van der Waals surface area contributed by atoms with E-state index < -0.39 is 36.1 Å². The maximum absolute atomic E-state index is 13.6. The summed E-state index contributed by atoms with van der Waals surface area (Å²) in [6, 6.07) is 20.1. The summed E-state index contributed by atoms with van der Waals surface area (Å²) >= 11 is 0. The Morgan fingerprint density at radius 1 is 0.714 bits per heavy atom.